The van der Waals surface area contributed by atoms with Crippen molar-refractivity contribution < 1.29 is 18.9 Å². The first kappa shape index (κ1) is 26.3. The molecule has 4 aromatic rings. The van der Waals surface area contributed by atoms with Crippen LogP contribution in [0.1, 0.15) is 43.2 Å². The SMILES string of the molecule is COc1ccc(CN2N=C(C3CCCCC3)c3cc(-c4ccoc4)ccc3N(c3ccc([N+](=O)[O-])cc3)C2=O)cc1. The van der Waals surface area contributed by atoms with Crippen LogP contribution in [0.25, 0.3) is 11.1 Å². The number of carbonyl (C=O) groups excluding carboxylic acids is 1. The summed E-state index contributed by atoms with van der Waals surface area (Å²) >= 11 is 0. The van der Waals surface area contributed by atoms with Crippen LogP contribution in [0, 0.1) is 16.0 Å². The van der Waals surface area contributed by atoms with Crippen molar-refractivity contribution in [3.63, 3.8) is 0 Å². The molecule has 1 saturated carbocycles. The van der Waals surface area contributed by atoms with Gasteiger partial charge in [-0.3, -0.25) is 15.0 Å². The average molecular weight is 551 g/mol. The Bertz CT molecular complexity index is 1570. The fraction of sp³-hybridized carbons (Fsp3) is 0.250. The van der Waals surface area contributed by atoms with Gasteiger partial charge < -0.3 is 9.15 Å². The number of fused-ring (bicyclic) bond motifs is 1. The van der Waals surface area contributed by atoms with E-state index in [0.717, 1.165) is 59.4 Å². The molecule has 0 radical (unpaired) electrons. The van der Waals surface area contributed by atoms with E-state index < -0.39 is 4.92 Å². The Hall–Kier alpha value is -4.92. The number of carbonyl (C=O) groups is 1. The number of amides is 2. The molecular formula is C32H30N4O5. The van der Waals surface area contributed by atoms with Gasteiger partial charge in [0, 0.05) is 29.2 Å². The molecule has 0 unspecified atom stereocenters. The molecule has 41 heavy (non-hydrogen) atoms. The highest BCUT2D eigenvalue weighted by molar-refractivity contribution is 6.14. The van der Waals surface area contributed by atoms with Crippen LogP contribution in [-0.2, 0) is 6.54 Å². The molecule has 208 valence electrons. The number of benzene rings is 3. The van der Waals surface area contributed by atoms with Crippen molar-refractivity contribution in [3.8, 4) is 16.9 Å². The maximum Gasteiger partial charge on any atom is 0.349 e. The highest BCUT2D eigenvalue weighted by Gasteiger charge is 2.34. The summed E-state index contributed by atoms with van der Waals surface area (Å²) in [6.07, 6.45) is 8.74. The molecule has 1 aromatic heterocycles. The number of urea groups is 1. The third-order valence-corrected chi connectivity index (χ3v) is 7.81. The lowest BCUT2D eigenvalue weighted by molar-refractivity contribution is -0.384. The summed E-state index contributed by atoms with van der Waals surface area (Å²) in [4.78, 5) is 26.9. The van der Waals surface area contributed by atoms with Crippen molar-refractivity contribution in [2.24, 2.45) is 11.0 Å². The normalized spacial score (nSPS) is 15.7. The fourth-order valence-electron chi connectivity index (χ4n) is 5.65. The molecule has 0 N–H and O–H groups in total. The third-order valence-electron chi connectivity index (χ3n) is 7.81. The zero-order valence-electron chi connectivity index (χ0n) is 22.7. The Morgan fingerprint density at radius 2 is 1.73 bits per heavy atom. The van der Waals surface area contributed by atoms with E-state index in [1.165, 1.54) is 23.6 Å². The molecule has 9 nitrogen and oxygen atoms in total. The van der Waals surface area contributed by atoms with Gasteiger partial charge >= 0.3 is 6.03 Å². The second-order valence-corrected chi connectivity index (χ2v) is 10.4. The first-order chi connectivity index (χ1) is 20.0. The maximum atomic E-state index is 14.4. The molecular weight excluding hydrogens is 520 g/mol. The smallest absolute Gasteiger partial charge is 0.349 e. The van der Waals surface area contributed by atoms with Crippen molar-refractivity contribution in [3.05, 3.63) is 107 Å². The van der Waals surface area contributed by atoms with Crippen molar-refractivity contribution in [2.75, 3.05) is 12.0 Å². The number of ether oxygens (including phenoxy) is 1. The van der Waals surface area contributed by atoms with Gasteiger partial charge in [0.05, 0.1) is 48.2 Å². The zero-order valence-corrected chi connectivity index (χ0v) is 22.7. The second-order valence-electron chi connectivity index (χ2n) is 10.4. The van der Waals surface area contributed by atoms with Gasteiger partial charge in [-0.05, 0) is 66.4 Å². The van der Waals surface area contributed by atoms with Crippen LogP contribution >= 0.6 is 0 Å². The molecule has 0 spiro atoms. The molecule has 2 aliphatic rings. The first-order valence-corrected chi connectivity index (χ1v) is 13.8. The van der Waals surface area contributed by atoms with Gasteiger partial charge in [-0.1, -0.05) is 37.5 Å². The number of anilines is 2. The minimum absolute atomic E-state index is 0.0409. The van der Waals surface area contributed by atoms with E-state index in [0.29, 0.717) is 11.4 Å². The monoisotopic (exact) mass is 550 g/mol. The largest absolute Gasteiger partial charge is 0.497 e. The Morgan fingerprint density at radius 3 is 2.39 bits per heavy atom. The van der Waals surface area contributed by atoms with Crippen LogP contribution < -0.4 is 9.64 Å². The summed E-state index contributed by atoms with van der Waals surface area (Å²) in [7, 11) is 1.62. The van der Waals surface area contributed by atoms with Crippen LogP contribution in [0.2, 0.25) is 0 Å². The van der Waals surface area contributed by atoms with Gasteiger partial charge in [-0.15, -0.1) is 0 Å². The number of nitro benzene ring substituents is 1. The molecule has 2 amide bonds. The van der Waals surface area contributed by atoms with Gasteiger partial charge in [-0.2, -0.15) is 5.10 Å². The number of nitro groups is 1. The number of rotatable bonds is 7. The molecule has 3 aromatic carbocycles. The lowest BCUT2D eigenvalue weighted by Gasteiger charge is -2.27. The zero-order chi connectivity index (χ0) is 28.3. The summed E-state index contributed by atoms with van der Waals surface area (Å²) in [6.45, 7) is 0.255. The van der Waals surface area contributed by atoms with Crippen molar-refractivity contribution in [1.82, 2.24) is 5.01 Å². The van der Waals surface area contributed by atoms with E-state index in [1.807, 2.05) is 42.5 Å². The van der Waals surface area contributed by atoms with E-state index in [1.54, 1.807) is 36.7 Å². The Morgan fingerprint density at radius 1 is 0.976 bits per heavy atom. The number of nitrogens with zero attached hydrogens (tertiary/aromatic N) is 4. The lowest BCUT2D eigenvalue weighted by Crippen LogP contribution is -2.36. The number of methoxy groups -OCH3 is 1. The van der Waals surface area contributed by atoms with Gasteiger partial charge in [-0.25, -0.2) is 9.80 Å². The first-order valence-electron chi connectivity index (χ1n) is 13.8. The topological polar surface area (TPSA) is 101 Å². The molecule has 0 bridgehead atoms. The van der Waals surface area contributed by atoms with Crippen molar-refractivity contribution in [2.45, 2.75) is 38.6 Å². The molecule has 1 aliphatic carbocycles. The van der Waals surface area contributed by atoms with E-state index in [-0.39, 0.29) is 24.2 Å². The molecule has 0 saturated heterocycles. The highest BCUT2D eigenvalue weighted by Crippen LogP contribution is 2.40. The minimum Gasteiger partial charge on any atom is -0.497 e. The Labute approximate surface area is 237 Å². The van der Waals surface area contributed by atoms with Crippen molar-refractivity contribution in [1.29, 1.82) is 0 Å². The van der Waals surface area contributed by atoms with E-state index in [4.69, 9.17) is 14.3 Å². The lowest BCUT2D eigenvalue weighted by atomic mass is 9.82. The maximum absolute atomic E-state index is 14.4. The Balaban J connectivity index is 1.52. The number of hydrogen-bond donors (Lipinski definition) is 0. The quantitative estimate of drug-likeness (QED) is 0.172. The van der Waals surface area contributed by atoms with Gasteiger partial charge in [0.2, 0.25) is 0 Å². The predicted molar refractivity (Wildman–Crippen MR) is 156 cm³/mol. The second kappa shape index (κ2) is 11.3. The number of hydrogen-bond acceptors (Lipinski definition) is 6. The molecule has 2 heterocycles. The van der Waals surface area contributed by atoms with Crippen LogP contribution in [0.4, 0.5) is 21.9 Å². The van der Waals surface area contributed by atoms with Gasteiger partial charge in [0.25, 0.3) is 5.69 Å². The fourth-order valence-corrected chi connectivity index (χ4v) is 5.65. The van der Waals surface area contributed by atoms with Crippen LogP contribution in [0.15, 0.2) is 94.8 Å². The van der Waals surface area contributed by atoms with E-state index in [9.17, 15) is 14.9 Å². The molecule has 1 fully saturated rings. The van der Waals surface area contributed by atoms with E-state index in [2.05, 4.69) is 6.07 Å². The van der Waals surface area contributed by atoms with E-state index >= 15 is 0 Å². The summed E-state index contributed by atoms with van der Waals surface area (Å²) in [5.41, 5.74) is 5.73. The highest BCUT2D eigenvalue weighted by atomic mass is 16.6. The van der Waals surface area contributed by atoms with Crippen LogP contribution in [0.5, 0.6) is 5.75 Å². The minimum atomic E-state index is -0.445. The Kier molecular flexibility index (Phi) is 7.24. The average Bonchev–Trinajstić information content (AvgIpc) is 3.52. The summed E-state index contributed by atoms with van der Waals surface area (Å²) in [6, 6.07) is 21.2. The molecule has 6 rings (SSSR count). The molecule has 1 aliphatic heterocycles. The number of furan rings is 1. The number of hydrazone groups is 1. The predicted octanol–water partition coefficient (Wildman–Crippen LogP) is 7.92. The van der Waals surface area contributed by atoms with Gasteiger partial charge in [0.15, 0.2) is 0 Å². The van der Waals surface area contributed by atoms with Crippen LogP contribution in [-0.4, -0.2) is 28.8 Å². The summed E-state index contributed by atoms with van der Waals surface area (Å²) in [5, 5.41) is 18.0. The summed E-state index contributed by atoms with van der Waals surface area (Å²) in [5.74, 6) is 0.930. The number of non-ortho nitro benzene ring substituents is 1. The van der Waals surface area contributed by atoms with Crippen molar-refractivity contribution >= 4 is 28.8 Å². The van der Waals surface area contributed by atoms with Gasteiger partial charge in [0.1, 0.15) is 5.75 Å². The van der Waals surface area contributed by atoms with Crippen LogP contribution in [0.3, 0.4) is 0 Å². The standard InChI is InChI=1S/C32H30N4O5/c1-40-28-14-7-22(8-15-28)20-34-32(37)35(26-10-12-27(13-11-26)36(38)39)30-16-9-24(25-17-18-41-21-25)19-29(30)31(33-34)23-5-3-2-4-6-23/h7-19,21,23H,2-6,20H2,1H3. The molecule has 9 heteroatoms. The summed E-state index contributed by atoms with van der Waals surface area (Å²) < 4.78 is 10.7. The third kappa shape index (κ3) is 5.30. The molecule has 0 atom stereocenters.